The van der Waals surface area contributed by atoms with Gasteiger partial charge in [0.25, 0.3) is 0 Å². The van der Waals surface area contributed by atoms with Gasteiger partial charge in [-0.05, 0) is 52.4 Å². The van der Waals surface area contributed by atoms with Gasteiger partial charge in [0.05, 0.1) is 6.42 Å². The average molecular weight is 457 g/mol. The largest absolute Gasteiger partial charge is 0.507 e. The monoisotopic (exact) mass is 456 g/mol. The van der Waals surface area contributed by atoms with Crippen LogP contribution in [0.2, 0.25) is 0 Å². The summed E-state index contributed by atoms with van der Waals surface area (Å²) in [5, 5.41) is 31.3. The van der Waals surface area contributed by atoms with Crippen LogP contribution in [-0.4, -0.2) is 26.9 Å². The number of hydrogen-bond acceptors (Lipinski definition) is 5. The number of phenols is 2. The van der Waals surface area contributed by atoms with Gasteiger partial charge in [-0.25, -0.2) is 0 Å². The van der Waals surface area contributed by atoms with E-state index in [0.29, 0.717) is 12.0 Å². The van der Waals surface area contributed by atoms with E-state index in [4.69, 9.17) is 4.74 Å². The molecule has 1 atom stereocenters. The molecule has 0 fully saturated rings. The molecule has 0 aromatic heterocycles. The van der Waals surface area contributed by atoms with Crippen molar-refractivity contribution in [1.29, 1.82) is 0 Å². The van der Waals surface area contributed by atoms with Gasteiger partial charge in [-0.1, -0.05) is 62.6 Å². The third kappa shape index (κ3) is 7.78. The lowest BCUT2D eigenvalue weighted by molar-refractivity contribution is -0.145. The molecule has 2 rings (SSSR count). The van der Waals surface area contributed by atoms with Gasteiger partial charge in [-0.15, -0.1) is 0 Å². The third-order valence-electron chi connectivity index (χ3n) is 6.10. The van der Waals surface area contributed by atoms with Crippen LogP contribution >= 0.6 is 0 Å². The number of ketones is 1. The number of fused-ring (bicyclic) bond motifs is 1. The highest BCUT2D eigenvalue weighted by Crippen LogP contribution is 2.47. The minimum absolute atomic E-state index is 0.0596. The Labute approximate surface area is 198 Å². The Morgan fingerprint density at radius 2 is 1.45 bits per heavy atom. The van der Waals surface area contributed by atoms with Crippen LogP contribution in [0.5, 0.6) is 17.2 Å². The minimum Gasteiger partial charge on any atom is -0.507 e. The first-order valence-corrected chi connectivity index (χ1v) is 12.3. The second-order valence-electron chi connectivity index (χ2n) is 8.90. The van der Waals surface area contributed by atoms with Crippen LogP contribution in [-0.2, 0) is 0 Å². The Bertz CT molecular complexity index is 881. The summed E-state index contributed by atoms with van der Waals surface area (Å²) in [5.74, 6) is -2.24. The molecule has 182 valence electrons. The zero-order chi connectivity index (χ0) is 24.3. The molecule has 0 aliphatic carbocycles. The van der Waals surface area contributed by atoms with Gasteiger partial charge in [0.15, 0.2) is 5.78 Å². The molecular weight excluding hydrogens is 416 g/mol. The molecule has 3 N–H and O–H groups in total. The van der Waals surface area contributed by atoms with Crippen molar-refractivity contribution in [1.82, 2.24) is 0 Å². The lowest BCUT2D eigenvalue weighted by atomic mass is 9.90. The van der Waals surface area contributed by atoms with Crippen LogP contribution in [0, 0.1) is 13.8 Å². The van der Waals surface area contributed by atoms with Crippen LogP contribution in [0.1, 0.15) is 99.0 Å². The summed E-state index contributed by atoms with van der Waals surface area (Å²) < 4.78 is 5.75. The van der Waals surface area contributed by atoms with Crippen LogP contribution in [0.4, 0.5) is 0 Å². The standard InChI is InChI=1S/C28H40O5/c1-4-5-6-7-8-9-10-11-12-13-14-15-16-17-18-19-28(32)20-23(29)24-26(31)21(2)25(30)22(3)27(24)33-28/h5-6,8-9,11-12,30-32H,4,7,10,13-20H2,1-3H3/b6-5-,9-8-,12-11-. The molecule has 0 bridgehead atoms. The molecule has 0 saturated carbocycles. The number of carbonyl (C=O) groups excluding carboxylic acids is 1. The van der Waals surface area contributed by atoms with Crippen LogP contribution in [0.25, 0.3) is 0 Å². The second kappa shape index (κ2) is 13.2. The number of aromatic hydroxyl groups is 2. The summed E-state index contributed by atoms with van der Waals surface area (Å²) in [4.78, 5) is 12.6. The van der Waals surface area contributed by atoms with Crippen molar-refractivity contribution in [3.8, 4) is 17.2 Å². The summed E-state index contributed by atoms with van der Waals surface area (Å²) in [6.07, 6.45) is 22.6. The van der Waals surface area contributed by atoms with Gasteiger partial charge >= 0.3 is 0 Å². The minimum atomic E-state index is -1.59. The Kier molecular flexibility index (Phi) is 10.7. The lowest BCUT2D eigenvalue weighted by Gasteiger charge is -2.35. The highest BCUT2D eigenvalue weighted by molar-refractivity contribution is 6.04. The lowest BCUT2D eigenvalue weighted by Crippen LogP contribution is -2.42. The highest BCUT2D eigenvalue weighted by atomic mass is 16.6. The summed E-state index contributed by atoms with van der Waals surface area (Å²) >= 11 is 0. The maximum Gasteiger partial charge on any atom is 0.215 e. The zero-order valence-electron chi connectivity index (χ0n) is 20.4. The molecule has 1 aromatic rings. The number of hydrogen-bond donors (Lipinski definition) is 3. The number of carbonyl (C=O) groups is 1. The predicted molar refractivity (Wildman–Crippen MR) is 133 cm³/mol. The molecule has 0 amide bonds. The Morgan fingerprint density at radius 1 is 0.848 bits per heavy atom. The summed E-state index contributed by atoms with van der Waals surface area (Å²) in [6.45, 7) is 5.31. The van der Waals surface area contributed by atoms with Crippen molar-refractivity contribution >= 4 is 5.78 Å². The Morgan fingerprint density at radius 3 is 2.15 bits per heavy atom. The third-order valence-corrected chi connectivity index (χ3v) is 6.10. The first-order valence-electron chi connectivity index (χ1n) is 12.3. The normalized spacial score (nSPS) is 18.5. The number of ether oxygens (including phenoxy) is 1. The van der Waals surface area contributed by atoms with Crippen molar-refractivity contribution in [3.05, 3.63) is 53.1 Å². The van der Waals surface area contributed by atoms with E-state index in [-0.39, 0.29) is 40.6 Å². The van der Waals surface area contributed by atoms with E-state index in [1.165, 1.54) is 0 Å². The molecule has 0 radical (unpaired) electrons. The fourth-order valence-electron chi connectivity index (χ4n) is 4.09. The summed E-state index contributed by atoms with van der Waals surface area (Å²) in [5.41, 5.74) is 0.674. The number of Topliss-reactive ketones (excluding diaryl/α,β-unsaturated/α-hetero) is 1. The average Bonchev–Trinajstić information content (AvgIpc) is 2.78. The number of aliphatic hydroxyl groups is 1. The van der Waals surface area contributed by atoms with Gasteiger partial charge in [0, 0.05) is 17.5 Å². The van der Waals surface area contributed by atoms with E-state index in [2.05, 4.69) is 43.4 Å². The van der Waals surface area contributed by atoms with Gasteiger partial charge < -0.3 is 20.1 Å². The van der Waals surface area contributed by atoms with Gasteiger partial charge in [-0.3, -0.25) is 4.79 Å². The molecule has 5 heteroatoms. The van der Waals surface area contributed by atoms with E-state index >= 15 is 0 Å². The molecular formula is C28H40O5. The SMILES string of the molecule is CC/C=C\C/C=C\C/C=C\CCCCCCCC1(O)CC(=O)c2c(O)c(C)c(O)c(C)c2O1. The highest BCUT2D eigenvalue weighted by Gasteiger charge is 2.41. The molecule has 1 unspecified atom stereocenters. The molecule has 1 aromatic carbocycles. The molecule has 1 heterocycles. The van der Waals surface area contributed by atoms with E-state index in [0.717, 1.165) is 57.8 Å². The second-order valence-corrected chi connectivity index (χ2v) is 8.90. The van der Waals surface area contributed by atoms with Gasteiger partial charge in [0.1, 0.15) is 22.8 Å². The van der Waals surface area contributed by atoms with Crippen LogP contribution < -0.4 is 4.74 Å². The number of allylic oxidation sites excluding steroid dienone is 6. The first-order chi connectivity index (χ1) is 15.8. The number of rotatable bonds is 13. The smallest absolute Gasteiger partial charge is 0.215 e. The molecule has 1 aliphatic heterocycles. The molecule has 0 spiro atoms. The topological polar surface area (TPSA) is 87.0 Å². The number of phenolic OH excluding ortho intramolecular Hbond substituents is 2. The van der Waals surface area contributed by atoms with Gasteiger partial charge in [-0.2, -0.15) is 0 Å². The maximum atomic E-state index is 12.6. The van der Waals surface area contributed by atoms with Crippen LogP contribution in [0.15, 0.2) is 36.5 Å². The molecule has 33 heavy (non-hydrogen) atoms. The van der Waals surface area contributed by atoms with Gasteiger partial charge in [0.2, 0.25) is 5.79 Å². The summed E-state index contributed by atoms with van der Waals surface area (Å²) in [6, 6.07) is 0. The zero-order valence-corrected chi connectivity index (χ0v) is 20.4. The quantitative estimate of drug-likeness (QED) is 0.221. The molecule has 0 saturated heterocycles. The van der Waals surface area contributed by atoms with Crippen molar-refractivity contribution in [2.24, 2.45) is 0 Å². The number of benzene rings is 1. The van der Waals surface area contributed by atoms with Crippen molar-refractivity contribution < 1.29 is 24.9 Å². The maximum absolute atomic E-state index is 12.6. The predicted octanol–water partition coefficient (Wildman–Crippen LogP) is 6.96. The fraction of sp³-hybridized carbons (Fsp3) is 0.536. The van der Waals surface area contributed by atoms with E-state index in [1.54, 1.807) is 13.8 Å². The fourth-order valence-corrected chi connectivity index (χ4v) is 4.09. The van der Waals surface area contributed by atoms with E-state index in [9.17, 15) is 20.1 Å². The van der Waals surface area contributed by atoms with Crippen molar-refractivity contribution in [3.63, 3.8) is 0 Å². The first kappa shape index (κ1) is 26.7. The Balaban J connectivity index is 1.67. The molecule has 5 nitrogen and oxygen atoms in total. The van der Waals surface area contributed by atoms with Crippen molar-refractivity contribution in [2.75, 3.05) is 0 Å². The summed E-state index contributed by atoms with van der Waals surface area (Å²) in [7, 11) is 0. The van der Waals surface area contributed by atoms with Crippen LogP contribution in [0.3, 0.4) is 0 Å². The van der Waals surface area contributed by atoms with Crippen molar-refractivity contribution in [2.45, 2.75) is 97.2 Å². The van der Waals surface area contributed by atoms with E-state index in [1.807, 2.05) is 0 Å². The Hall–Kier alpha value is -2.53. The number of unbranched alkanes of at least 4 members (excludes halogenated alkanes) is 5. The van der Waals surface area contributed by atoms with E-state index < -0.39 is 5.79 Å². The molecule has 1 aliphatic rings.